The molecule has 1 heterocycles. The molecule has 0 aliphatic carbocycles. The predicted octanol–water partition coefficient (Wildman–Crippen LogP) is -2.91. The van der Waals surface area contributed by atoms with Crippen molar-refractivity contribution in [1.82, 2.24) is 5.32 Å². The molecule has 0 aromatic heterocycles. The van der Waals surface area contributed by atoms with Gasteiger partial charge in [0.2, 0.25) is 5.91 Å². The Morgan fingerprint density at radius 3 is 2.73 bits per heavy atom. The molecule has 15 heavy (non-hydrogen) atoms. The second-order valence-electron chi connectivity index (χ2n) is 3.43. The molecule has 7 nitrogen and oxygen atoms in total. The monoisotopic (exact) mass is 222 g/mol. The summed E-state index contributed by atoms with van der Waals surface area (Å²) in [6, 6.07) is -0.398. The van der Waals surface area contributed by atoms with Gasteiger partial charge in [-0.3, -0.25) is 4.79 Å². The molecule has 0 unspecified atom stereocenters. The zero-order valence-electron chi connectivity index (χ0n) is 8.51. The molecule has 0 saturated carbocycles. The van der Waals surface area contributed by atoms with Gasteiger partial charge in [-0.25, -0.2) is 0 Å². The van der Waals surface area contributed by atoms with Gasteiger partial charge in [-0.15, -0.1) is 0 Å². The highest BCUT2D eigenvalue weighted by atomic mass is 16.5. The number of nitrogens with two attached hydrogens (primary N) is 1. The van der Waals surface area contributed by atoms with Crippen molar-refractivity contribution in [3.8, 4) is 0 Å². The molecule has 4 atom stereocenters. The van der Waals surface area contributed by atoms with Gasteiger partial charge in [0.05, 0.1) is 18.8 Å². The molecule has 0 radical (unpaired) electrons. The van der Waals surface area contributed by atoms with E-state index in [-0.39, 0.29) is 18.0 Å². The van der Waals surface area contributed by atoms with Crippen molar-refractivity contribution in [3.63, 3.8) is 0 Å². The Balaban J connectivity index is 0.00000196. The zero-order chi connectivity index (χ0) is 10.7. The second-order valence-corrected chi connectivity index (χ2v) is 3.43. The van der Waals surface area contributed by atoms with Gasteiger partial charge >= 0.3 is 0 Å². The normalized spacial score (nSPS) is 35.5. The third-order valence-corrected chi connectivity index (χ3v) is 2.22. The Kier molecular flexibility index (Phi) is 5.69. The predicted molar refractivity (Wildman–Crippen MR) is 51.8 cm³/mol. The number of carbonyl (C=O) groups excluding carboxylic acids is 1. The summed E-state index contributed by atoms with van der Waals surface area (Å²) in [4.78, 5) is 10.8. The molecular weight excluding hydrogens is 204 g/mol. The SMILES string of the molecule is CC(=O)N[C@@H]1C[C@H](O)[C@@H](CO)O[C@H]1N.O. The van der Waals surface area contributed by atoms with Crippen LogP contribution in [-0.4, -0.2) is 52.7 Å². The highest BCUT2D eigenvalue weighted by Crippen LogP contribution is 2.17. The first-order valence-electron chi connectivity index (χ1n) is 4.51. The molecule has 1 fully saturated rings. The Morgan fingerprint density at radius 1 is 1.67 bits per heavy atom. The van der Waals surface area contributed by atoms with E-state index in [0.717, 1.165) is 0 Å². The lowest BCUT2D eigenvalue weighted by Gasteiger charge is -2.37. The molecule has 1 aliphatic heterocycles. The maximum atomic E-state index is 10.8. The van der Waals surface area contributed by atoms with E-state index in [2.05, 4.69) is 5.32 Å². The molecule has 7 N–H and O–H groups in total. The average molecular weight is 222 g/mol. The number of rotatable bonds is 2. The van der Waals surface area contributed by atoms with Crippen molar-refractivity contribution in [3.05, 3.63) is 0 Å². The van der Waals surface area contributed by atoms with Crippen LogP contribution in [-0.2, 0) is 9.53 Å². The van der Waals surface area contributed by atoms with E-state index in [0.29, 0.717) is 6.42 Å². The smallest absolute Gasteiger partial charge is 0.217 e. The molecule has 1 aliphatic rings. The minimum absolute atomic E-state index is 0. The number of aliphatic hydroxyl groups excluding tert-OH is 2. The summed E-state index contributed by atoms with van der Waals surface area (Å²) in [6.45, 7) is 1.10. The van der Waals surface area contributed by atoms with Gasteiger partial charge in [0.1, 0.15) is 12.3 Å². The summed E-state index contributed by atoms with van der Waals surface area (Å²) < 4.78 is 5.12. The average Bonchev–Trinajstić information content (AvgIpc) is 2.10. The van der Waals surface area contributed by atoms with Crippen LogP contribution in [0.25, 0.3) is 0 Å². The number of ether oxygens (including phenoxy) is 1. The van der Waals surface area contributed by atoms with Crippen molar-refractivity contribution in [2.24, 2.45) is 5.73 Å². The fraction of sp³-hybridized carbons (Fsp3) is 0.875. The van der Waals surface area contributed by atoms with E-state index in [9.17, 15) is 9.90 Å². The van der Waals surface area contributed by atoms with E-state index in [1.807, 2.05) is 0 Å². The van der Waals surface area contributed by atoms with Crippen LogP contribution in [0.1, 0.15) is 13.3 Å². The van der Waals surface area contributed by atoms with Crippen LogP contribution < -0.4 is 11.1 Å². The van der Waals surface area contributed by atoms with Crippen LogP contribution in [0.15, 0.2) is 0 Å². The van der Waals surface area contributed by atoms with Gasteiger partial charge in [-0.1, -0.05) is 0 Å². The molecule has 90 valence electrons. The summed E-state index contributed by atoms with van der Waals surface area (Å²) in [5, 5.41) is 20.9. The lowest BCUT2D eigenvalue weighted by atomic mass is 10.00. The van der Waals surface area contributed by atoms with Crippen molar-refractivity contribution >= 4 is 5.91 Å². The van der Waals surface area contributed by atoms with E-state index in [4.69, 9.17) is 15.6 Å². The molecule has 0 aromatic carbocycles. The first kappa shape index (κ1) is 14.3. The third kappa shape index (κ3) is 3.73. The number of carbonyl (C=O) groups is 1. The summed E-state index contributed by atoms with van der Waals surface area (Å²) >= 11 is 0. The molecule has 1 rings (SSSR count). The lowest BCUT2D eigenvalue weighted by molar-refractivity contribution is -0.149. The number of amides is 1. The zero-order valence-corrected chi connectivity index (χ0v) is 8.51. The Bertz CT molecular complexity index is 213. The summed E-state index contributed by atoms with van der Waals surface area (Å²) in [5.74, 6) is -0.219. The fourth-order valence-corrected chi connectivity index (χ4v) is 1.50. The lowest BCUT2D eigenvalue weighted by Crippen LogP contribution is -2.58. The quantitative estimate of drug-likeness (QED) is 0.397. The number of hydrogen-bond donors (Lipinski definition) is 4. The third-order valence-electron chi connectivity index (χ3n) is 2.22. The minimum atomic E-state index is -0.795. The van der Waals surface area contributed by atoms with Gasteiger partial charge in [-0.2, -0.15) is 0 Å². The van der Waals surface area contributed by atoms with Crippen LogP contribution in [0, 0.1) is 0 Å². The molecule has 0 bridgehead atoms. The summed E-state index contributed by atoms with van der Waals surface area (Å²) in [6.07, 6.45) is -1.84. The van der Waals surface area contributed by atoms with E-state index in [1.54, 1.807) is 0 Å². The Hall–Kier alpha value is -0.730. The fourth-order valence-electron chi connectivity index (χ4n) is 1.50. The van der Waals surface area contributed by atoms with E-state index < -0.39 is 24.5 Å². The maximum Gasteiger partial charge on any atom is 0.217 e. The number of hydrogen-bond acceptors (Lipinski definition) is 5. The maximum absolute atomic E-state index is 10.8. The van der Waals surface area contributed by atoms with Crippen molar-refractivity contribution in [1.29, 1.82) is 0 Å². The molecule has 1 saturated heterocycles. The standard InChI is InChI=1S/C8H16N2O4.H2O/c1-4(12)10-5-2-6(13)7(3-11)14-8(5)9;/h5-8,11,13H,2-3,9H2,1H3,(H,10,12);1H2/t5-,6+,7-,8-;/m1./s1. The van der Waals surface area contributed by atoms with Crippen molar-refractivity contribution in [2.75, 3.05) is 6.61 Å². The van der Waals surface area contributed by atoms with Gasteiger partial charge in [0.15, 0.2) is 0 Å². The van der Waals surface area contributed by atoms with Crippen LogP contribution >= 0.6 is 0 Å². The first-order chi connectivity index (χ1) is 6.54. The van der Waals surface area contributed by atoms with Crippen LogP contribution in [0.5, 0.6) is 0 Å². The summed E-state index contributed by atoms with van der Waals surface area (Å²) in [7, 11) is 0. The molecular formula is C8H18N2O5. The topological polar surface area (TPSA) is 136 Å². The molecule has 1 amide bonds. The molecule has 0 spiro atoms. The largest absolute Gasteiger partial charge is 0.412 e. The highest BCUT2D eigenvalue weighted by Gasteiger charge is 2.35. The number of nitrogens with one attached hydrogen (secondary N) is 1. The second kappa shape index (κ2) is 5.99. The van der Waals surface area contributed by atoms with E-state index >= 15 is 0 Å². The van der Waals surface area contributed by atoms with Gasteiger partial charge in [0, 0.05) is 6.92 Å². The Morgan fingerprint density at radius 2 is 2.27 bits per heavy atom. The van der Waals surface area contributed by atoms with Gasteiger partial charge in [-0.05, 0) is 6.42 Å². The first-order valence-corrected chi connectivity index (χ1v) is 4.51. The van der Waals surface area contributed by atoms with Crippen LogP contribution in [0.2, 0.25) is 0 Å². The molecule has 0 aromatic rings. The Labute approximate surface area is 87.5 Å². The number of aliphatic hydroxyl groups is 2. The van der Waals surface area contributed by atoms with Gasteiger partial charge in [0.25, 0.3) is 0 Å². The minimum Gasteiger partial charge on any atom is -0.412 e. The van der Waals surface area contributed by atoms with Crippen molar-refractivity contribution in [2.45, 2.75) is 37.8 Å². The molecule has 7 heteroatoms. The summed E-state index contributed by atoms with van der Waals surface area (Å²) in [5.41, 5.74) is 5.60. The van der Waals surface area contributed by atoms with E-state index in [1.165, 1.54) is 6.92 Å². The van der Waals surface area contributed by atoms with Crippen LogP contribution in [0.4, 0.5) is 0 Å². The van der Waals surface area contributed by atoms with Crippen LogP contribution in [0.3, 0.4) is 0 Å². The highest BCUT2D eigenvalue weighted by molar-refractivity contribution is 5.73. The van der Waals surface area contributed by atoms with Gasteiger partial charge < -0.3 is 31.5 Å². The van der Waals surface area contributed by atoms with Crippen molar-refractivity contribution < 1.29 is 25.2 Å².